The van der Waals surface area contributed by atoms with Crippen molar-refractivity contribution in [1.29, 1.82) is 0 Å². The molecule has 0 aromatic rings. The third-order valence-corrected chi connectivity index (χ3v) is 5.92. The third-order valence-electron chi connectivity index (χ3n) is 1.80. The Kier molecular flexibility index (Phi) is 11.9. The summed E-state index contributed by atoms with van der Waals surface area (Å²) in [5.74, 6) is 0. The molecule has 0 aliphatic carbocycles. The van der Waals surface area contributed by atoms with Crippen LogP contribution in [-0.2, 0) is 18.2 Å². The van der Waals surface area contributed by atoms with E-state index in [2.05, 4.69) is 9.05 Å². The summed E-state index contributed by atoms with van der Waals surface area (Å²) in [6, 6.07) is 0. The minimum absolute atomic E-state index is 0. The molecule has 0 rings (SSSR count). The SMILES string of the molecule is CCCCOP(=O)(OCCCC)P(=O)([O-])[O-].[Mg+2]. The summed E-state index contributed by atoms with van der Waals surface area (Å²) in [6.07, 6.45) is 2.55. The molecule has 0 atom stereocenters. The van der Waals surface area contributed by atoms with Gasteiger partial charge in [-0.3, -0.25) is 4.57 Å². The third kappa shape index (κ3) is 7.96. The Morgan fingerprint density at radius 2 is 1.29 bits per heavy atom. The second-order valence-corrected chi connectivity index (χ2v) is 8.64. The van der Waals surface area contributed by atoms with Crippen LogP contribution in [0.3, 0.4) is 0 Å². The van der Waals surface area contributed by atoms with Crippen molar-refractivity contribution in [2.45, 2.75) is 39.5 Å². The largest absolute Gasteiger partial charge is 2.00 e. The van der Waals surface area contributed by atoms with Gasteiger partial charge in [-0.15, -0.1) is 0 Å². The van der Waals surface area contributed by atoms with Gasteiger partial charge >= 0.3 is 30.3 Å². The smallest absolute Gasteiger partial charge is 0.802 e. The predicted molar refractivity (Wildman–Crippen MR) is 62.7 cm³/mol. The number of hydrogen-bond donors (Lipinski definition) is 0. The van der Waals surface area contributed by atoms with Crippen molar-refractivity contribution >= 4 is 37.6 Å². The molecular formula is C8H18MgO6P2. The molecule has 0 bridgehead atoms. The molecule has 0 spiro atoms. The van der Waals surface area contributed by atoms with Crippen molar-refractivity contribution in [2.75, 3.05) is 13.2 Å². The Morgan fingerprint density at radius 1 is 0.941 bits per heavy atom. The summed E-state index contributed by atoms with van der Waals surface area (Å²) in [5, 5.41) is 0. The molecule has 0 unspecified atom stereocenters. The van der Waals surface area contributed by atoms with Crippen LogP contribution in [0.2, 0.25) is 0 Å². The van der Waals surface area contributed by atoms with Crippen molar-refractivity contribution in [3.8, 4) is 0 Å². The fraction of sp³-hybridized carbons (Fsp3) is 1.00. The molecule has 9 heteroatoms. The van der Waals surface area contributed by atoms with Gasteiger partial charge in [0.05, 0.1) is 20.5 Å². The quantitative estimate of drug-likeness (QED) is 0.361. The fourth-order valence-corrected chi connectivity index (χ4v) is 3.24. The maximum Gasteiger partial charge on any atom is 2.00 e. The monoisotopic (exact) mass is 296 g/mol. The first-order valence-corrected chi connectivity index (χ1v) is 9.08. The molecule has 0 aromatic carbocycles. The van der Waals surface area contributed by atoms with Crippen LogP contribution < -0.4 is 9.79 Å². The first-order chi connectivity index (χ1) is 7.37. The molecule has 6 nitrogen and oxygen atoms in total. The van der Waals surface area contributed by atoms with E-state index in [9.17, 15) is 18.9 Å². The predicted octanol–water partition coefficient (Wildman–Crippen LogP) is 1.26. The van der Waals surface area contributed by atoms with E-state index in [4.69, 9.17) is 0 Å². The summed E-state index contributed by atoms with van der Waals surface area (Å²) < 4.78 is 31.7. The topological polar surface area (TPSA) is 98.7 Å². The molecule has 0 fully saturated rings. The van der Waals surface area contributed by atoms with E-state index in [0.29, 0.717) is 12.8 Å². The van der Waals surface area contributed by atoms with E-state index < -0.39 is 14.6 Å². The molecule has 0 saturated carbocycles. The minimum Gasteiger partial charge on any atom is -0.802 e. The molecule has 0 aliphatic heterocycles. The molecule has 0 aliphatic rings. The summed E-state index contributed by atoms with van der Waals surface area (Å²) >= 11 is 0. The van der Waals surface area contributed by atoms with Gasteiger partial charge in [-0.05, 0) is 12.8 Å². The Bertz CT molecular complexity index is 265. The molecular weight excluding hydrogens is 278 g/mol. The summed E-state index contributed by atoms with van der Waals surface area (Å²) in [6.45, 7) is 3.63. The van der Waals surface area contributed by atoms with Gasteiger partial charge < -0.3 is 23.4 Å². The van der Waals surface area contributed by atoms with E-state index >= 15 is 0 Å². The molecule has 0 radical (unpaired) electrons. The Balaban J connectivity index is 0. The van der Waals surface area contributed by atoms with Crippen LogP contribution in [0.4, 0.5) is 0 Å². The molecule has 0 aromatic heterocycles. The van der Waals surface area contributed by atoms with Crippen LogP contribution in [-0.4, -0.2) is 36.3 Å². The molecule has 0 heterocycles. The molecule has 17 heavy (non-hydrogen) atoms. The molecule has 0 N–H and O–H groups in total. The molecule has 98 valence electrons. The van der Waals surface area contributed by atoms with Gasteiger partial charge in [0.2, 0.25) is 0 Å². The summed E-state index contributed by atoms with van der Waals surface area (Å²) in [5.41, 5.74) is 0. The summed E-state index contributed by atoms with van der Waals surface area (Å²) in [4.78, 5) is 21.6. The maximum atomic E-state index is 11.7. The zero-order chi connectivity index (χ0) is 12.7. The Hall–Kier alpha value is 1.07. The van der Waals surface area contributed by atoms with Crippen LogP contribution >= 0.6 is 14.6 Å². The van der Waals surface area contributed by atoms with Gasteiger partial charge in [0.1, 0.15) is 0 Å². The second-order valence-electron chi connectivity index (χ2n) is 3.31. The molecule has 0 amide bonds. The van der Waals surface area contributed by atoms with Crippen molar-refractivity contribution in [3.63, 3.8) is 0 Å². The normalized spacial score (nSPS) is 12.2. The van der Waals surface area contributed by atoms with Gasteiger partial charge in [-0.1, -0.05) is 26.7 Å². The zero-order valence-corrected chi connectivity index (χ0v) is 13.5. The van der Waals surface area contributed by atoms with Crippen LogP contribution in [0.25, 0.3) is 0 Å². The van der Waals surface area contributed by atoms with Crippen LogP contribution in [0.1, 0.15) is 39.5 Å². The van der Waals surface area contributed by atoms with E-state index in [1.165, 1.54) is 0 Å². The van der Waals surface area contributed by atoms with Crippen LogP contribution in [0.5, 0.6) is 0 Å². The fourth-order valence-electron chi connectivity index (χ4n) is 0.827. The maximum absolute atomic E-state index is 11.7. The van der Waals surface area contributed by atoms with Gasteiger partial charge in [-0.25, -0.2) is 0 Å². The standard InChI is InChI=1S/C8H20O6P2.Mg/c1-3-5-7-13-16(12,15(9,10)11)14-8-6-4-2;/h3-8H2,1-2H3,(H2,9,10,11);/q;+2/p-2. The van der Waals surface area contributed by atoms with E-state index in [1.807, 2.05) is 13.8 Å². The van der Waals surface area contributed by atoms with Gasteiger partial charge in [0.15, 0.2) is 0 Å². The van der Waals surface area contributed by atoms with E-state index in [0.717, 1.165) is 12.8 Å². The van der Waals surface area contributed by atoms with E-state index in [1.54, 1.807) is 0 Å². The van der Waals surface area contributed by atoms with Gasteiger partial charge in [0.25, 0.3) is 0 Å². The number of rotatable bonds is 9. The molecule has 0 saturated heterocycles. The van der Waals surface area contributed by atoms with Crippen molar-refractivity contribution in [3.05, 3.63) is 0 Å². The van der Waals surface area contributed by atoms with Crippen molar-refractivity contribution < 1.29 is 28.0 Å². The zero-order valence-electron chi connectivity index (χ0n) is 10.3. The van der Waals surface area contributed by atoms with Gasteiger partial charge in [-0.2, -0.15) is 0 Å². The van der Waals surface area contributed by atoms with Crippen molar-refractivity contribution in [1.82, 2.24) is 0 Å². The number of unbranched alkanes of at least 4 members (excludes halogenated alkanes) is 2. The number of hydrogen-bond acceptors (Lipinski definition) is 6. The van der Waals surface area contributed by atoms with E-state index in [-0.39, 0.29) is 36.3 Å². The van der Waals surface area contributed by atoms with Crippen LogP contribution in [0, 0.1) is 0 Å². The first-order valence-electron chi connectivity index (χ1n) is 5.29. The Morgan fingerprint density at radius 3 is 1.53 bits per heavy atom. The summed E-state index contributed by atoms with van der Waals surface area (Å²) in [7, 11) is -9.88. The van der Waals surface area contributed by atoms with Gasteiger partial charge in [0, 0.05) is 0 Å². The second kappa shape index (κ2) is 9.93. The Labute approximate surface area is 118 Å². The average Bonchev–Trinajstić information content (AvgIpc) is 2.17. The van der Waals surface area contributed by atoms with Crippen LogP contribution in [0.15, 0.2) is 0 Å². The first kappa shape index (κ1) is 20.4. The minimum atomic E-state index is -5.36. The average molecular weight is 296 g/mol. The van der Waals surface area contributed by atoms with Crippen molar-refractivity contribution in [2.24, 2.45) is 0 Å².